The fourth-order valence-corrected chi connectivity index (χ4v) is 4.61. The maximum atomic E-state index is 13.8. The number of rotatable bonds is 3. The number of nitrogens with two attached hydrogens (primary N) is 1. The Bertz CT molecular complexity index is 607. The molecule has 112 valence electrons. The van der Waals surface area contributed by atoms with Crippen LogP contribution in [0, 0.1) is 17.5 Å². The highest BCUT2D eigenvalue weighted by molar-refractivity contribution is 7.92. The average molecular weight is 308 g/mol. The first kappa shape index (κ1) is 15.3. The molecule has 1 aliphatic heterocycles. The Hall–Kier alpha value is -1.12. The predicted molar refractivity (Wildman–Crippen MR) is 67.8 cm³/mol. The molecule has 0 aliphatic carbocycles. The summed E-state index contributed by atoms with van der Waals surface area (Å²) in [6, 6.07) is 0.672. The van der Waals surface area contributed by atoms with Gasteiger partial charge in [-0.1, -0.05) is 12.5 Å². The number of hydrazine groups is 1. The molecule has 3 N–H and O–H groups in total. The summed E-state index contributed by atoms with van der Waals surface area (Å²) in [5.74, 6) is 0.941. The van der Waals surface area contributed by atoms with Crippen molar-refractivity contribution in [1.29, 1.82) is 0 Å². The molecule has 1 heterocycles. The first-order valence-electron chi connectivity index (χ1n) is 6.19. The molecule has 0 aromatic heterocycles. The molecule has 4 nitrogen and oxygen atoms in total. The number of nitrogens with one attached hydrogen (secondary N) is 1. The van der Waals surface area contributed by atoms with Crippen molar-refractivity contribution in [3.8, 4) is 0 Å². The quantitative estimate of drug-likeness (QED) is 0.505. The number of halogens is 3. The van der Waals surface area contributed by atoms with Crippen LogP contribution in [0.25, 0.3) is 0 Å². The minimum atomic E-state index is -3.45. The molecule has 1 aliphatic rings. The Morgan fingerprint density at radius 1 is 1.20 bits per heavy atom. The predicted octanol–water partition coefficient (Wildman–Crippen LogP) is 1.58. The number of sulfone groups is 1. The molecule has 0 amide bonds. The molecular formula is C12H15F3N2O2S. The summed E-state index contributed by atoms with van der Waals surface area (Å²) >= 11 is 0. The van der Waals surface area contributed by atoms with Crippen LogP contribution in [0.2, 0.25) is 0 Å². The summed E-state index contributed by atoms with van der Waals surface area (Å²) in [5, 5.41) is -0.944. The van der Waals surface area contributed by atoms with Gasteiger partial charge in [0, 0.05) is 5.56 Å². The molecule has 1 fully saturated rings. The summed E-state index contributed by atoms with van der Waals surface area (Å²) in [5.41, 5.74) is 1.95. The lowest BCUT2D eigenvalue weighted by atomic mass is 9.99. The van der Waals surface area contributed by atoms with E-state index in [1.807, 2.05) is 0 Å². The van der Waals surface area contributed by atoms with E-state index in [2.05, 4.69) is 5.43 Å². The standard InChI is InChI=1S/C12H15F3N2O2S/c13-8-5-4-7(10(14)11(8)15)12(17-16)9-3-1-2-6-20(9,18)19/h4-5,9,12,17H,1-3,6,16H2. The normalized spacial score (nSPS) is 23.5. The lowest BCUT2D eigenvalue weighted by Gasteiger charge is -2.30. The number of hydrogen-bond donors (Lipinski definition) is 2. The second kappa shape index (κ2) is 5.71. The fourth-order valence-electron chi connectivity index (χ4n) is 2.53. The Balaban J connectivity index is 2.45. The van der Waals surface area contributed by atoms with E-state index in [4.69, 9.17) is 5.84 Å². The molecule has 0 radical (unpaired) electrons. The van der Waals surface area contributed by atoms with Crippen LogP contribution < -0.4 is 11.3 Å². The van der Waals surface area contributed by atoms with Gasteiger partial charge in [0.25, 0.3) is 0 Å². The average Bonchev–Trinajstić information content (AvgIpc) is 2.40. The minimum absolute atomic E-state index is 0.0128. The summed E-state index contributed by atoms with van der Waals surface area (Å²) in [6.07, 6.45) is 1.50. The van der Waals surface area contributed by atoms with E-state index in [-0.39, 0.29) is 11.3 Å². The lowest BCUT2D eigenvalue weighted by Crippen LogP contribution is -2.43. The molecular weight excluding hydrogens is 293 g/mol. The van der Waals surface area contributed by atoms with E-state index in [0.717, 1.165) is 12.1 Å². The van der Waals surface area contributed by atoms with Gasteiger partial charge in [0.1, 0.15) is 0 Å². The van der Waals surface area contributed by atoms with Crippen LogP contribution in [-0.2, 0) is 9.84 Å². The summed E-state index contributed by atoms with van der Waals surface area (Å²) < 4.78 is 64.1. The molecule has 2 unspecified atom stereocenters. The van der Waals surface area contributed by atoms with Gasteiger partial charge in [0.2, 0.25) is 0 Å². The van der Waals surface area contributed by atoms with Gasteiger partial charge in [-0.05, 0) is 18.9 Å². The molecule has 2 atom stereocenters. The van der Waals surface area contributed by atoms with Gasteiger partial charge < -0.3 is 0 Å². The van der Waals surface area contributed by atoms with E-state index >= 15 is 0 Å². The third kappa shape index (κ3) is 2.68. The molecule has 2 rings (SSSR count). The van der Waals surface area contributed by atoms with E-state index in [9.17, 15) is 21.6 Å². The van der Waals surface area contributed by atoms with Crippen molar-refractivity contribution in [3.63, 3.8) is 0 Å². The Labute approximate surface area is 115 Å². The van der Waals surface area contributed by atoms with Crippen LogP contribution in [0.3, 0.4) is 0 Å². The van der Waals surface area contributed by atoms with Crippen LogP contribution in [0.5, 0.6) is 0 Å². The van der Waals surface area contributed by atoms with Gasteiger partial charge >= 0.3 is 0 Å². The Morgan fingerprint density at radius 2 is 1.90 bits per heavy atom. The summed E-state index contributed by atoms with van der Waals surface area (Å²) in [6.45, 7) is 0. The zero-order valence-corrected chi connectivity index (χ0v) is 11.4. The van der Waals surface area contributed by atoms with Gasteiger partial charge in [0.15, 0.2) is 27.3 Å². The molecule has 0 bridgehead atoms. The van der Waals surface area contributed by atoms with Gasteiger partial charge in [0.05, 0.1) is 17.0 Å². The maximum Gasteiger partial charge on any atom is 0.194 e. The lowest BCUT2D eigenvalue weighted by molar-refractivity contribution is 0.407. The molecule has 1 aromatic carbocycles. The summed E-state index contributed by atoms with van der Waals surface area (Å²) in [4.78, 5) is 0. The largest absolute Gasteiger partial charge is 0.271 e. The molecule has 0 spiro atoms. The second-order valence-corrected chi connectivity index (χ2v) is 7.15. The zero-order valence-electron chi connectivity index (χ0n) is 10.6. The van der Waals surface area contributed by atoms with E-state index < -0.39 is 38.6 Å². The first-order valence-corrected chi connectivity index (χ1v) is 7.91. The molecule has 1 saturated heterocycles. The molecule has 8 heteroatoms. The van der Waals surface area contributed by atoms with Gasteiger partial charge in [-0.3, -0.25) is 11.3 Å². The van der Waals surface area contributed by atoms with Gasteiger partial charge in [-0.15, -0.1) is 0 Å². The van der Waals surface area contributed by atoms with Crippen LogP contribution in [-0.4, -0.2) is 19.4 Å². The highest BCUT2D eigenvalue weighted by Crippen LogP contribution is 2.32. The Kier molecular flexibility index (Phi) is 4.36. The van der Waals surface area contributed by atoms with E-state index in [1.54, 1.807) is 0 Å². The van der Waals surface area contributed by atoms with E-state index in [1.165, 1.54) is 0 Å². The van der Waals surface area contributed by atoms with Crippen molar-refractivity contribution in [1.82, 2.24) is 5.43 Å². The first-order chi connectivity index (χ1) is 9.38. The number of benzene rings is 1. The smallest absolute Gasteiger partial charge is 0.194 e. The molecule has 0 saturated carbocycles. The third-order valence-corrected chi connectivity index (χ3v) is 5.87. The SMILES string of the molecule is NNC(c1ccc(F)c(F)c1F)C1CCCCS1(=O)=O. The third-order valence-electron chi connectivity index (χ3n) is 3.58. The monoisotopic (exact) mass is 308 g/mol. The van der Waals surface area contributed by atoms with Crippen LogP contribution in [0.15, 0.2) is 12.1 Å². The second-order valence-electron chi connectivity index (χ2n) is 4.81. The van der Waals surface area contributed by atoms with Gasteiger partial charge in [-0.25, -0.2) is 21.6 Å². The zero-order chi connectivity index (χ0) is 14.9. The van der Waals surface area contributed by atoms with E-state index in [0.29, 0.717) is 19.3 Å². The highest BCUT2D eigenvalue weighted by atomic mass is 32.2. The van der Waals surface area contributed by atoms with Crippen LogP contribution >= 0.6 is 0 Å². The van der Waals surface area contributed by atoms with Crippen molar-refractivity contribution >= 4 is 9.84 Å². The van der Waals surface area contributed by atoms with Crippen molar-refractivity contribution < 1.29 is 21.6 Å². The van der Waals surface area contributed by atoms with Crippen molar-refractivity contribution in [3.05, 3.63) is 35.1 Å². The van der Waals surface area contributed by atoms with Crippen molar-refractivity contribution in [2.75, 3.05) is 5.75 Å². The maximum absolute atomic E-state index is 13.8. The number of hydrogen-bond acceptors (Lipinski definition) is 4. The molecule has 1 aromatic rings. The summed E-state index contributed by atoms with van der Waals surface area (Å²) in [7, 11) is -3.45. The minimum Gasteiger partial charge on any atom is -0.271 e. The van der Waals surface area contributed by atoms with Crippen LogP contribution in [0.1, 0.15) is 30.9 Å². The van der Waals surface area contributed by atoms with Crippen LogP contribution in [0.4, 0.5) is 13.2 Å². The Morgan fingerprint density at radius 3 is 2.50 bits per heavy atom. The highest BCUT2D eigenvalue weighted by Gasteiger charge is 2.37. The molecule has 20 heavy (non-hydrogen) atoms. The topological polar surface area (TPSA) is 72.2 Å². The van der Waals surface area contributed by atoms with Crippen molar-refractivity contribution in [2.24, 2.45) is 5.84 Å². The van der Waals surface area contributed by atoms with Crippen molar-refractivity contribution in [2.45, 2.75) is 30.6 Å². The fraction of sp³-hybridized carbons (Fsp3) is 0.500. The van der Waals surface area contributed by atoms with Gasteiger partial charge in [-0.2, -0.15) is 0 Å².